The number of aromatic nitrogens is 5. The predicted octanol–water partition coefficient (Wildman–Crippen LogP) is 1.16. The van der Waals surface area contributed by atoms with Crippen molar-refractivity contribution in [3.05, 3.63) is 28.6 Å². The second-order valence-corrected chi connectivity index (χ2v) is 4.77. The van der Waals surface area contributed by atoms with Crippen LogP contribution in [-0.2, 0) is 13.1 Å². The fraction of sp³-hybridized carbons (Fsp3) is 0.400. The van der Waals surface area contributed by atoms with Gasteiger partial charge in [-0.2, -0.15) is 0 Å². The van der Waals surface area contributed by atoms with E-state index < -0.39 is 0 Å². The lowest BCUT2D eigenvalue weighted by Gasteiger charge is -2.28. The highest BCUT2D eigenvalue weighted by atomic mass is 79.9. The highest BCUT2D eigenvalue weighted by molar-refractivity contribution is 9.10. The number of rotatable bonds is 1. The molecular formula is C10H11BrN6. The fourth-order valence-electron chi connectivity index (χ4n) is 1.94. The number of hydrogen-bond acceptors (Lipinski definition) is 5. The van der Waals surface area contributed by atoms with Crippen molar-refractivity contribution < 1.29 is 0 Å². The zero-order valence-corrected chi connectivity index (χ0v) is 10.9. The van der Waals surface area contributed by atoms with E-state index in [1.165, 1.54) is 0 Å². The molecule has 3 rings (SSSR count). The van der Waals surface area contributed by atoms with E-state index in [-0.39, 0.29) is 0 Å². The molecule has 0 spiro atoms. The van der Waals surface area contributed by atoms with Gasteiger partial charge < -0.3 is 9.47 Å². The Morgan fingerprint density at radius 3 is 3.00 bits per heavy atom. The summed E-state index contributed by atoms with van der Waals surface area (Å²) in [5.74, 6) is 2.67. The van der Waals surface area contributed by atoms with E-state index in [0.29, 0.717) is 0 Å². The summed E-state index contributed by atoms with van der Waals surface area (Å²) < 4.78 is 2.88. The Labute approximate surface area is 107 Å². The Morgan fingerprint density at radius 2 is 2.18 bits per heavy atom. The lowest BCUT2D eigenvalue weighted by atomic mass is 10.3. The zero-order valence-electron chi connectivity index (χ0n) is 9.34. The van der Waals surface area contributed by atoms with Gasteiger partial charge in [0.2, 0.25) is 0 Å². The molecule has 0 radical (unpaired) electrons. The molecular weight excluding hydrogens is 284 g/mol. The first-order valence-electron chi connectivity index (χ1n) is 5.35. The van der Waals surface area contributed by atoms with Crippen LogP contribution in [0.15, 0.2) is 17.0 Å². The number of halogens is 1. The standard InChI is InChI=1S/C10H11BrN6/c1-7-13-8(11)4-9(14-7)16-2-3-17-6-12-15-10(17)5-16/h4,6H,2-3,5H2,1H3. The molecule has 17 heavy (non-hydrogen) atoms. The van der Waals surface area contributed by atoms with Crippen molar-refractivity contribution in [2.45, 2.75) is 20.0 Å². The number of aryl methyl sites for hydroxylation is 1. The molecule has 0 saturated heterocycles. The summed E-state index contributed by atoms with van der Waals surface area (Å²) in [7, 11) is 0. The monoisotopic (exact) mass is 294 g/mol. The number of nitrogens with zero attached hydrogens (tertiary/aromatic N) is 6. The lowest BCUT2D eigenvalue weighted by molar-refractivity contribution is 0.555. The second-order valence-electron chi connectivity index (χ2n) is 3.96. The molecule has 2 aromatic rings. The molecule has 0 fully saturated rings. The van der Waals surface area contributed by atoms with Crippen LogP contribution in [0.1, 0.15) is 11.6 Å². The van der Waals surface area contributed by atoms with Crippen LogP contribution in [-0.4, -0.2) is 31.3 Å². The lowest BCUT2D eigenvalue weighted by Crippen LogP contribution is -2.34. The molecule has 3 heterocycles. The van der Waals surface area contributed by atoms with Gasteiger partial charge in [0, 0.05) is 19.2 Å². The fourth-order valence-corrected chi connectivity index (χ4v) is 2.40. The van der Waals surface area contributed by atoms with Crippen molar-refractivity contribution in [3.63, 3.8) is 0 Å². The van der Waals surface area contributed by atoms with Crippen molar-refractivity contribution in [3.8, 4) is 0 Å². The van der Waals surface area contributed by atoms with E-state index >= 15 is 0 Å². The molecule has 2 aromatic heterocycles. The minimum Gasteiger partial charge on any atom is -0.347 e. The third-order valence-corrected chi connectivity index (χ3v) is 3.16. The van der Waals surface area contributed by atoms with Crippen LogP contribution in [0.4, 0.5) is 5.82 Å². The largest absolute Gasteiger partial charge is 0.347 e. The molecule has 0 unspecified atom stereocenters. The van der Waals surface area contributed by atoms with Crippen molar-refractivity contribution in [2.75, 3.05) is 11.4 Å². The summed E-state index contributed by atoms with van der Waals surface area (Å²) >= 11 is 3.39. The quantitative estimate of drug-likeness (QED) is 0.739. The van der Waals surface area contributed by atoms with Gasteiger partial charge in [-0.25, -0.2) is 9.97 Å². The maximum absolute atomic E-state index is 4.44. The first kappa shape index (κ1) is 10.6. The van der Waals surface area contributed by atoms with Gasteiger partial charge in [-0.15, -0.1) is 10.2 Å². The van der Waals surface area contributed by atoms with Crippen LogP contribution in [0.25, 0.3) is 0 Å². The summed E-state index contributed by atoms with van der Waals surface area (Å²) in [6.07, 6.45) is 1.77. The molecule has 1 aliphatic rings. The van der Waals surface area contributed by atoms with Crippen molar-refractivity contribution >= 4 is 21.7 Å². The zero-order chi connectivity index (χ0) is 11.8. The maximum Gasteiger partial charge on any atom is 0.152 e. The third kappa shape index (κ3) is 2.02. The summed E-state index contributed by atoms with van der Waals surface area (Å²) in [6.45, 7) is 4.43. The Balaban J connectivity index is 1.91. The number of anilines is 1. The molecule has 0 aromatic carbocycles. The highest BCUT2D eigenvalue weighted by Crippen LogP contribution is 2.20. The van der Waals surface area contributed by atoms with Crippen LogP contribution in [0, 0.1) is 6.92 Å². The Bertz CT molecular complexity index is 531. The van der Waals surface area contributed by atoms with Gasteiger partial charge in [-0.3, -0.25) is 0 Å². The van der Waals surface area contributed by atoms with E-state index in [4.69, 9.17) is 0 Å². The topological polar surface area (TPSA) is 59.7 Å². The van der Waals surface area contributed by atoms with Gasteiger partial charge in [0.05, 0.1) is 6.54 Å². The average Bonchev–Trinajstić information content (AvgIpc) is 2.74. The van der Waals surface area contributed by atoms with Gasteiger partial charge in [0.25, 0.3) is 0 Å². The van der Waals surface area contributed by atoms with Gasteiger partial charge in [0.15, 0.2) is 5.82 Å². The van der Waals surface area contributed by atoms with E-state index in [1.54, 1.807) is 6.33 Å². The van der Waals surface area contributed by atoms with Crippen LogP contribution in [0.3, 0.4) is 0 Å². The van der Waals surface area contributed by atoms with Crippen molar-refractivity contribution in [1.29, 1.82) is 0 Å². The Hall–Kier alpha value is -1.50. The first-order valence-corrected chi connectivity index (χ1v) is 6.14. The molecule has 0 bridgehead atoms. The predicted molar refractivity (Wildman–Crippen MR) is 65.5 cm³/mol. The van der Waals surface area contributed by atoms with Crippen molar-refractivity contribution in [1.82, 2.24) is 24.7 Å². The Morgan fingerprint density at radius 1 is 1.29 bits per heavy atom. The average molecular weight is 295 g/mol. The first-order chi connectivity index (χ1) is 8.22. The normalized spacial score (nSPS) is 14.8. The van der Waals surface area contributed by atoms with E-state index in [2.05, 4.69) is 45.6 Å². The molecule has 0 atom stereocenters. The second kappa shape index (κ2) is 4.06. The molecule has 1 aliphatic heterocycles. The van der Waals surface area contributed by atoms with E-state index in [1.807, 2.05) is 13.0 Å². The molecule has 0 saturated carbocycles. The summed E-state index contributed by atoms with van der Waals surface area (Å²) in [6, 6.07) is 1.93. The molecule has 7 heteroatoms. The highest BCUT2D eigenvalue weighted by Gasteiger charge is 2.19. The minimum absolute atomic E-state index is 0.739. The SMILES string of the molecule is Cc1nc(Br)cc(N2CCn3cnnc3C2)n1. The molecule has 0 amide bonds. The minimum atomic E-state index is 0.739. The van der Waals surface area contributed by atoms with Crippen molar-refractivity contribution in [2.24, 2.45) is 0 Å². The van der Waals surface area contributed by atoms with Crippen LogP contribution in [0.2, 0.25) is 0 Å². The van der Waals surface area contributed by atoms with Gasteiger partial charge in [-0.1, -0.05) is 0 Å². The molecule has 6 nitrogen and oxygen atoms in total. The van der Waals surface area contributed by atoms with E-state index in [0.717, 1.165) is 41.7 Å². The number of hydrogen-bond donors (Lipinski definition) is 0. The van der Waals surface area contributed by atoms with Crippen LogP contribution >= 0.6 is 15.9 Å². The van der Waals surface area contributed by atoms with Gasteiger partial charge >= 0.3 is 0 Å². The third-order valence-electron chi connectivity index (χ3n) is 2.76. The molecule has 88 valence electrons. The number of fused-ring (bicyclic) bond motifs is 1. The van der Waals surface area contributed by atoms with E-state index in [9.17, 15) is 0 Å². The summed E-state index contributed by atoms with van der Waals surface area (Å²) in [4.78, 5) is 10.8. The summed E-state index contributed by atoms with van der Waals surface area (Å²) in [5, 5.41) is 8.00. The van der Waals surface area contributed by atoms with Crippen LogP contribution in [0.5, 0.6) is 0 Å². The molecule has 0 N–H and O–H groups in total. The van der Waals surface area contributed by atoms with Crippen LogP contribution < -0.4 is 4.90 Å². The molecule has 0 aliphatic carbocycles. The Kier molecular flexibility index (Phi) is 2.54. The summed E-state index contributed by atoms with van der Waals surface area (Å²) in [5.41, 5.74) is 0. The van der Waals surface area contributed by atoms with Gasteiger partial charge in [-0.05, 0) is 22.9 Å². The van der Waals surface area contributed by atoms with Gasteiger partial charge in [0.1, 0.15) is 22.6 Å². The maximum atomic E-state index is 4.44. The smallest absolute Gasteiger partial charge is 0.152 e.